The summed E-state index contributed by atoms with van der Waals surface area (Å²) >= 11 is 0. The van der Waals surface area contributed by atoms with Gasteiger partial charge in [0, 0.05) is 38.5 Å². The quantitative estimate of drug-likeness (QED) is 0.711. The van der Waals surface area contributed by atoms with Gasteiger partial charge in [-0.05, 0) is 37.9 Å². The molecule has 24 heavy (non-hydrogen) atoms. The Bertz CT molecular complexity index is 533. The fourth-order valence-corrected chi connectivity index (χ4v) is 2.90. The lowest BCUT2D eigenvalue weighted by molar-refractivity contribution is -0.126. The molecule has 6 nitrogen and oxygen atoms in total. The second-order valence-corrected chi connectivity index (χ2v) is 6.23. The molecule has 0 radical (unpaired) electrons. The van der Waals surface area contributed by atoms with E-state index in [0.29, 0.717) is 38.2 Å². The molecular weight excluding hydrogens is 306 g/mol. The van der Waals surface area contributed by atoms with Gasteiger partial charge in [0.15, 0.2) is 5.76 Å². The number of rotatable bonds is 8. The van der Waals surface area contributed by atoms with Gasteiger partial charge >= 0.3 is 0 Å². The number of carbonyl (C=O) groups is 2. The van der Waals surface area contributed by atoms with E-state index in [-0.39, 0.29) is 17.7 Å². The molecule has 2 N–H and O–H groups in total. The van der Waals surface area contributed by atoms with Crippen LogP contribution in [-0.4, -0.2) is 49.4 Å². The molecule has 1 saturated heterocycles. The van der Waals surface area contributed by atoms with E-state index in [1.165, 1.54) is 0 Å². The Morgan fingerprint density at radius 2 is 1.92 bits per heavy atom. The maximum Gasteiger partial charge on any atom is 0.289 e. The molecule has 0 atom stereocenters. The number of nitrogens with zero attached hydrogens (tertiary/aromatic N) is 1. The summed E-state index contributed by atoms with van der Waals surface area (Å²) in [5.74, 6) is 1.26. The third kappa shape index (κ3) is 5.09. The molecular formula is C18H29N3O3. The molecule has 1 aromatic rings. The molecule has 0 unspecified atom stereocenters. The monoisotopic (exact) mass is 335 g/mol. The number of aryl methyl sites for hydroxylation is 1. The van der Waals surface area contributed by atoms with Gasteiger partial charge in [-0.2, -0.15) is 0 Å². The van der Waals surface area contributed by atoms with Gasteiger partial charge < -0.3 is 20.0 Å². The lowest BCUT2D eigenvalue weighted by Gasteiger charge is -2.30. The van der Waals surface area contributed by atoms with Crippen LogP contribution in [0.25, 0.3) is 0 Å². The lowest BCUT2D eigenvalue weighted by atomic mass is 9.95. The summed E-state index contributed by atoms with van der Waals surface area (Å²) in [6.45, 7) is 7.75. The van der Waals surface area contributed by atoms with Crippen LogP contribution in [0.3, 0.4) is 0 Å². The topological polar surface area (TPSA) is 74.6 Å². The molecule has 0 spiro atoms. The molecule has 0 aliphatic carbocycles. The molecule has 6 heteroatoms. The molecule has 134 valence electrons. The average Bonchev–Trinajstić information content (AvgIpc) is 3.10. The number of hydrogen-bond acceptors (Lipinski definition) is 4. The summed E-state index contributed by atoms with van der Waals surface area (Å²) in [4.78, 5) is 26.3. The molecule has 1 aliphatic rings. The first kappa shape index (κ1) is 18.5. The van der Waals surface area contributed by atoms with Gasteiger partial charge in [-0.25, -0.2) is 0 Å². The fourth-order valence-electron chi connectivity index (χ4n) is 2.90. The van der Waals surface area contributed by atoms with E-state index < -0.39 is 0 Å². The van der Waals surface area contributed by atoms with Crippen molar-refractivity contribution in [2.45, 2.75) is 39.5 Å². The summed E-state index contributed by atoms with van der Waals surface area (Å²) in [5.41, 5.74) is 0. The zero-order valence-corrected chi connectivity index (χ0v) is 14.8. The molecule has 1 fully saturated rings. The molecule has 2 rings (SSSR count). The van der Waals surface area contributed by atoms with Crippen LogP contribution in [-0.2, 0) is 11.2 Å². The molecule has 0 saturated carbocycles. The first-order valence-corrected chi connectivity index (χ1v) is 9.02. The van der Waals surface area contributed by atoms with Crippen molar-refractivity contribution in [2.75, 3.05) is 32.7 Å². The number of furan rings is 1. The van der Waals surface area contributed by atoms with E-state index in [1.54, 1.807) is 11.0 Å². The first-order valence-electron chi connectivity index (χ1n) is 9.02. The molecule has 1 aliphatic heterocycles. The third-order valence-corrected chi connectivity index (χ3v) is 4.40. The van der Waals surface area contributed by atoms with Gasteiger partial charge in [-0.1, -0.05) is 13.8 Å². The summed E-state index contributed by atoms with van der Waals surface area (Å²) in [5, 5.41) is 6.24. The highest BCUT2D eigenvalue weighted by atomic mass is 16.4. The summed E-state index contributed by atoms with van der Waals surface area (Å²) < 4.78 is 5.53. The first-order chi connectivity index (χ1) is 11.7. The van der Waals surface area contributed by atoms with Crippen molar-refractivity contribution < 1.29 is 14.0 Å². The fraction of sp³-hybridized carbons (Fsp3) is 0.667. The zero-order valence-electron chi connectivity index (χ0n) is 14.8. The Labute approximate surface area is 144 Å². The number of carbonyl (C=O) groups excluding carboxylic acids is 2. The highest BCUT2D eigenvalue weighted by molar-refractivity contribution is 5.91. The maximum atomic E-state index is 12.4. The maximum absolute atomic E-state index is 12.4. The minimum Gasteiger partial charge on any atom is -0.456 e. The Hall–Kier alpha value is -1.82. The van der Waals surface area contributed by atoms with Crippen LogP contribution in [0.4, 0.5) is 0 Å². The standard InChI is InChI=1S/C18H29N3O3/c1-3-9-19-10-11-20-17(22)14-7-12-21(13-8-14)18(23)16-6-5-15(4-2)24-16/h5-6,14,19H,3-4,7-13H2,1-2H3,(H,20,22). The average molecular weight is 335 g/mol. The van der Waals surface area contributed by atoms with Crippen molar-refractivity contribution in [1.29, 1.82) is 0 Å². The predicted octanol–water partition coefficient (Wildman–Crippen LogP) is 1.81. The van der Waals surface area contributed by atoms with Crippen molar-refractivity contribution >= 4 is 11.8 Å². The molecule has 1 aromatic heterocycles. The largest absolute Gasteiger partial charge is 0.456 e. The number of amides is 2. The minimum atomic E-state index is -0.0719. The second kappa shape index (κ2) is 9.47. The smallest absolute Gasteiger partial charge is 0.289 e. The molecule has 0 aromatic carbocycles. The van der Waals surface area contributed by atoms with Gasteiger partial charge in [0.1, 0.15) is 5.76 Å². The van der Waals surface area contributed by atoms with E-state index in [0.717, 1.165) is 31.7 Å². The number of nitrogens with one attached hydrogen (secondary N) is 2. The minimum absolute atomic E-state index is 0.00280. The van der Waals surface area contributed by atoms with Gasteiger partial charge in [-0.15, -0.1) is 0 Å². The van der Waals surface area contributed by atoms with Crippen LogP contribution in [0, 0.1) is 5.92 Å². The van der Waals surface area contributed by atoms with Crippen LogP contribution >= 0.6 is 0 Å². The summed E-state index contributed by atoms with van der Waals surface area (Å²) in [6, 6.07) is 3.59. The van der Waals surface area contributed by atoms with Crippen LogP contribution in [0.1, 0.15) is 49.4 Å². The lowest BCUT2D eigenvalue weighted by Crippen LogP contribution is -2.44. The van der Waals surface area contributed by atoms with E-state index in [2.05, 4.69) is 17.6 Å². The number of likely N-dealkylation sites (tertiary alicyclic amines) is 1. The SMILES string of the molecule is CCCNCCNC(=O)C1CCN(C(=O)c2ccc(CC)o2)CC1. The van der Waals surface area contributed by atoms with Crippen molar-refractivity contribution in [2.24, 2.45) is 5.92 Å². The van der Waals surface area contributed by atoms with Crippen LogP contribution in [0.15, 0.2) is 16.5 Å². The van der Waals surface area contributed by atoms with Crippen molar-refractivity contribution in [1.82, 2.24) is 15.5 Å². The van der Waals surface area contributed by atoms with Crippen molar-refractivity contribution in [3.05, 3.63) is 23.7 Å². The Balaban J connectivity index is 1.72. The highest BCUT2D eigenvalue weighted by Crippen LogP contribution is 2.20. The molecule has 2 amide bonds. The van der Waals surface area contributed by atoms with E-state index >= 15 is 0 Å². The number of hydrogen-bond donors (Lipinski definition) is 2. The highest BCUT2D eigenvalue weighted by Gasteiger charge is 2.28. The Kier molecular flexibility index (Phi) is 7.31. The van der Waals surface area contributed by atoms with Crippen LogP contribution in [0.2, 0.25) is 0 Å². The zero-order chi connectivity index (χ0) is 17.4. The van der Waals surface area contributed by atoms with Crippen LogP contribution in [0.5, 0.6) is 0 Å². The Morgan fingerprint density at radius 3 is 2.54 bits per heavy atom. The normalized spacial score (nSPS) is 15.5. The van der Waals surface area contributed by atoms with Crippen molar-refractivity contribution in [3.63, 3.8) is 0 Å². The van der Waals surface area contributed by atoms with Crippen molar-refractivity contribution in [3.8, 4) is 0 Å². The summed E-state index contributed by atoms with van der Waals surface area (Å²) in [7, 11) is 0. The summed E-state index contributed by atoms with van der Waals surface area (Å²) in [6.07, 6.45) is 3.29. The predicted molar refractivity (Wildman–Crippen MR) is 92.9 cm³/mol. The number of piperidine rings is 1. The molecule has 2 heterocycles. The van der Waals surface area contributed by atoms with Gasteiger partial charge in [0.2, 0.25) is 5.91 Å². The van der Waals surface area contributed by atoms with Gasteiger partial charge in [0.05, 0.1) is 0 Å². The van der Waals surface area contributed by atoms with Gasteiger partial charge in [-0.3, -0.25) is 9.59 Å². The van der Waals surface area contributed by atoms with Crippen LogP contribution < -0.4 is 10.6 Å². The van der Waals surface area contributed by atoms with E-state index in [1.807, 2.05) is 13.0 Å². The third-order valence-electron chi connectivity index (χ3n) is 4.40. The van der Waals surface area contributed by atoms with E-state index in [4.69, 9.17) is 4.42 Å². The molecule has 0 bridgehead atoms. The second-order valence-electron chi connectivity index (χ2n) is 6.23. The Morgan fingerprint density at radius 1 is 1.17 bits per heavy atom. The van der Waals surface area contributed by atoms with Gasteiger partial charge in [0.25, 0.3) is 5.91 Å². The van der Waals surface area contributed by atoms with E-state index in [9.17, 15) is 9.59 Å².